The largest absolute Gasteiger partial charge is 0.478 e. The lowest BCUT2D eigenvalue weighted by molar-refractivity contribution is 0.0701. The van der Waals surface area contributed by atoms with Gasteiger partial charge in [-0.05, 0) is 30.7 Å². The molecule has 0 aliphatic heterocycles. The Balaban J connectivity index is 2.52. The molecule has 0 amide bonds. The summed E-state index contributed by atoms with van der Waals surface area (Å²) in [6, 6.07) is 13.0. The number of pyridine rings is 1. The van der Waals surface area contributed by atoms with E-state index in [1.165, 1.54) is 0 Å². The Bertz CT molecular complexity index is 812. The summed E-state index contributed by atoms with van der Waals surface area (Å²) in [5, 5.41) is 11.0. The van der Waals surface area contributed by atoms with Crippen molar-refractivity contribution >= 4 is 27.8 Å². The first-order valence-electron chi connectivity index (χ1n) is 6.46. The number of hydrogen-bond donors (Lipinski definition) is 2. The second-order valence-electron chi connectivity index (χ2n) is 4.66. The average molecular weight is 266 g/mol. The van der Waals surface area contributed by atoms with E-state index in [4.69, 9.17) is 5.73 Å². The third-order valence-electron chi connectivity index (χ3n) is 3.42. The van der Waals surface area contributed by atoms with Crippen LogP contribution in [0.15, 0.2) is 42.5 Å². The molecule has 0 unspecified atom stereocenters. The van der Waals surface area contributed by atoms with E-state index >= 15 is 0 Å². The first kappa shape index (κ1) is 12.6. The lowest BCUT2D eigenvalue weighted by atomic mass is 9.97. The molecule has 100 valence electrons. The number of nitrogens with zero attached hydrogens (tertiary/aromatic N) is 1. The minimum Gasteiger partial charge on any atom is -0.478 e. The van der Waals surface area contributed by atoms with Gasteiger partial charge in [0, 0.05) is 10.8 Å². The molecule has 0 aliphatic carbocycles. The number of aromatic nitrogens is 1. The monoisotopic (exact) mass is 266 g/mol. The molecule has 0 atom stereocenters. The highest BCUT2D eigenvalue weighted by Crippen LogP contribution is 2.28. The predicted molar refractivity (Wildman–Crippen MR) is 79.0 cm³/mol. The molecule has 1 aromatic heterocycles. The number of carboxylic acid groups (broad SMARTS) is 1. The van der Waals surface area contributed by atoms with Crippen molar-refractivity contribution < 1.29 is 9.90 Å². The molecule has 1 heterocycles. The minimum absolute atomic E-state index is 0.314. The van der Waals surface area contributed by atoms with Gasteiger partial charge in [0.1, 0.15) is 0 Å². The van der Waals surface area contributed by atoms with Crippen molar-refractivity contribution in [1.29, 1.82) is 0 Å². The number of rotatable bonds is 3. The average Bonchev–Trinajstić information content (AvgIpc) is 2.45. The van der Waals surface area contributed by atoms with Gasteiger partial charge in [-0.3, -0.25) is 0 Å². The van der Waals surface area contributed by atoms with Crippen LogP contribution in [0, 0.1) is 0 Å². The van der Waals surface area contributed by atoms with E-state index in [1.807, 2.05) is 36.4 Å². The standard InChI is InChI=1S/C16H14N2O2/c17-9-8-10-4-3-7-13-14(10)15(16(19)20)11-5-1-2-6-12(11)18-13/h1-7H,8-9,17H2,(H,19,20). The van der Waals surface area contributed by atoms with Crippen molar-refractivity contribution in [3.63, 3.8) is 0 Å². The summed E-state index contributed by atoms with van der Waals surface area (Å²) in [6.45, 7) is 0.477. The van der Waals surface area contributed by atoms with Gasteiger partial charge in [-0.1, -0.05) is 30.3 Å². The Kier molecular flexibility index (Phi) is 3.08. The summed E-state index contributed by atoms with van der Waals surface area (Å²) in [7, 11) is 0. The number of fused-ring (bicyclic) bond motifs is 2. The number of benzene rings is 2. The fourth-order valence-electron chi connectivity index (χ4n) is 2.60. The molecule has 0 fully saturated rings. The molecule has 2 aromatic carbocycles. The Morgan fingerprint density at radius 1 is 1.10 bits per heavy atom. The van der Waals surface area contributed by atoms with Crippen LogP contribution in [0.5, 0.6) is 0 Å². The Hall–Kier alpha value is -2.46. The molecule has 4 nitrogen and oxygen atoms in total. The van der Waals surface area contributed by atoms with Gasteiger partial charge in [0.25, 0.3) is 0 Å². The highest BCUT2D eigenvalue weighted by atomic mass is 16.4. The summed E-state index contributed by atoms with van der Waals surface area (Å²) in [6.07, 6.45) is 0.637. The van der Waals surface area contributed by atoms with Crippen LogP contribution in [0.1, 0.15) is 15.9 Å². The lowest BCUT2D eigenvalue weighted by Crippen LogP contribution is -2.07. The molecule has 0 spiro atoms. The minimum atomic E-state index is -0.932. The van der Waals surface area contributed by atoms with E-state index in [-0.39, 0.29) is 0 Å². The smallest absolute Gasteiger partial charge is 0.337 e. The molecule has 3 aromatic rings. The van der Waals surface area contributed by atoms with Crippen LogP contribution in [0.4, 0.5) is 0 Å². The van der Waals surface area contributed by atoms with Crippen molar-refractivity contribution in [3.8, 4) is 0 Å². The number of carbonyl (C=O) groups is 1. The lowest BCUT2D eigenvalue weighted by Gasteiger charge is -2.11. The topological polar surface area (TPSA) is 76.2 Å². The van der Waals surface area contributed by atoms with Gasteiger partial charge in [0.2, 0.25) is 0 Å². The van der Waals surface area contributed by atoms with Crippen LogP contribution in [0.2, 0.25) is 0 Å². The quantitative estimate of drug-likeness (QED) is 0.714. The van der Waals surface area contributed by atoms with Crippen LogP contribution in [0.3, 0.4) is 0 Å². The molecule has 0 aliphatic rings. The Morgan fingerprint density at radius 2 is 1.85 bits per heavy atom. The van der Waals surface area contributed by atoms with Crippen LogP contribution in [-0.2, 0) is 6.42 Å². The third kappa shape index (κ3) is 1.90. The first-order valence-corrected chi connectivity index (χ1v) is 6.46. The summed E-state index contributed by atoms with van der Waals surface area (Å²) in [5.74, 6) is -0.932. The molecule has 3 rings (SSSR count). The van der Waals surface area contributed by atoms with Gasteiger partial charge in [0.05, 0.1) is 16.6 Å². The molecule has 0 saturated heterocycles. The maximum Gasteiger partial charge on any atom is 0.337 e. The van der Waals surface area contributed by atoms with Gasteiger partial charge >= 0.3 is 5.97 Å². The van der Waals surface area contributed by atoms with Crippen LogP contribution in [0.25, 0.3) is 21.8 Å². The van der Waals surface area contributed by atoms with Crippen molar-refractivity contribution in [1.82, 2.24) is 4.98 Å². The number of hydrogen-bond acceptors (Lipinski definition) is 3. The molecule has 0 bridgehead atoms. The van der Waals surface area contributed by atoms with E-state index in [0.717, 1.165) is 5.56 Å². The van der Waals surface area contributed by atoms with E-state index in [2.05, 4.69) is 4.98 Å². The summed E-state index contributed by atoms with van der Waals surface area (Å²) >= 11 is 0. The van der Waals surface area contributed by atoms with Crippen LogP contribution in [-0.4, -0.2) is 22.6 Å². The fourth-order valence-corrected chi connectivity index (χ4v) is 2.60. The maximum atomic E-state index is 11.7. The van der Waals surface area contributed by atoms with Crippen molar-refractivity contribution in [3.05, 3.63) is 53.6 Å². The van der Waals surface area contributed by atoms with Gasteiger partial charge in [-0.15, -0.1) is 0 Å². The zero-order valence-electron chi connectivity index (χ0n) is 10.8. The number of para-hydroxylation sites is 1. The molecular weight excluding hydrogens is 252 g/mol. The Morgan fingerprint density at radius 3 is 2.60 bits per heavy atom. The number of nitrogens with two attached hydrogens (primary N) is 1. The predicted octanol–water partition coefficient (Wildman–Crippen LogP) is 2.59. The second-order valence-corrected chi connectivity index (χ2v) is 4.66. The van der Waals surface area contributed by atoms with Crippen LogP contribution >= 0.6 is 0 Å². The first-order chi connectivity index (χ1) is 9.72. The summed E-state index contributed by atoms with van der Waals surface area (Å²) in [5.41, 5.74) is 8.27. The zero-order chi connectivity index (χ0) is 14.1. The van der Waals surface area contributed by atoms with Crippen molar-refractivity contribution in [2.45, 2.75) is 6.42 Å². The van der Waals surface area contributed by atoms with Gasteiger partial charge < -0.3 is 10.8 Å². The molecule has 3 N–H and O–H groups in total. The van der Waals surface area contributed by atoms with Gasteiger partial charge in [-0.25, -0.2) is 9.78 Å². The molecule has 4 heteroatoms. The summed E-state index contributed by atoms with van der Waals surface area (Å²) in [4.78, 5) is 16.3. The van der Waals surface area contributed by atoms with E-state index in [9.17, 15) is 9.90 Å². The third-order valence-corrected chi connectivity index (χ3v) is 3.42. The molecule has 0 radical (unpaired) electrons. The SMILES string of the molecule is NCCc1cccc2nc3ccccc3c(C(=O)O)c12. The Labute approximate surface area is 115 Å². The van der Waals surface area contributed by atoms with E-state index in [0.29, 0.717) is 40.3 Å². The highest BCUT2D eigenvalue weighted by molar-refractivity contribution is 6.14. The molecular formula is C16H14N2O2. The molecule has 20 heavy (non-hydrogen) atoms. The summed E-state index contributed by atoms with van der Waals surface area (Å²) < 4.78 is 0. The van der Waals surface area contributed by atoms with E-state index in [1.54, 1.807) is 6.07 Å². The normalized spacial score (nSPS) is 11.1. The fraction of sp³-hybridized carbons (Fsp3) is 0.125. The highest BCUT2D eigenvalue weighted by Gasteiger charge is 2.17. The molecule has 0 saturated carbocycles. The van der Waals surface area contributed by atoms with Gasteiger partial charge in [0.15, 0.2) is 0 Å². The van der Waals surface area contributed by atoms with Crippen molar-refractivity contribution in [2.75, 3.05) is 6.54 Å². The second kappa shape index (κ2) is 4.90. The van der Waals surface area contributed by atoms with Gasteiger partial charge in [-0.2, -0.15) is 0 Å². The maximum absolute atomic E-state index is 11.7. The van der Waals surface area contributed by atoms with E-state index < -0.39 is 5.97 Å². The van der Waals surface area contributed by atoms with Crippen LogP contribution < -0.4 is 5.73 Å². The number of carboxylic acids is 1. The number of aromatic carboxylic acids is 1. The van der Waals surface area contributed by atoms with Crippen molar-refractivity contribution in [2.24, 2.45) is 5.73 Å². The zero-order valence-corrected chi connectivity index (χ0v) is 10.8.